The number of benzene rings is 2. The number of carbonyl (C=O) groups is 1. The van der Waals surface area contributed by atoms with Crippen LogP contribution in [0.4, 0.5) is 20.2 Å². The van der Waals surface area contributed by atoms with Crippen molar-refractivity contribution >= 4 is 17.3 Å². The Morgan fingerprint density at radius 3 is 2.46 bits per heavy atom. The molecule has 28 heavy (non-hydrogen) atoms. The molecule has 1 fully saturated rings. The van der Waals surface area contributed by atoms with Crippen LogP contribution < -0.4 is 15.5 Å². The zero-order valence-corrected chi connectivity index (χ0v) is 16.3. The minimum atomic E-state index is -0.622. The number of nitrogens with one attached hydrogen (secondary N) is 2. The van der Waals surface area contributed by atoms with E-state index in [-0.39, 0.29) is 12.5 Å². The van der Waals surface area contributed by atoms with Gasteiger partial charge < -0.3 is 15.5 Å². The van der Waals surface area contributed by atoms with Crippen molar-refractivity contribution in [3.8, 4) is 0 Å². The lowest BCUT2D eigenvalue weighted by molar-refractivity contribution is -0.115. The molecule has 2 aromatic carbocycles. The number of hydrogen-bond donors (Lipinski definition) is 2. The highest BCUT2D eigenvalue weighted by molar-refractivity contribution is 5.92. The number of anilines is 2. The Kier molecular flexibility index (Phi) is 6.62. The first-order valence-corrected chi connectivity index (χ1v) is 9.75. The summed E-state index contributed by atoms with van der Waals surface area (Å²) in [5.74, 6) is -0.668. The van der Waals surface area contributed by atoms with Crippen LogP contribution in [0.2, 0.25) is 0 Å². The van der Waals surface area contributed by atoms with Gasteiger partial charge in [0.15, 0.2) is 0 Å². The van der Waals surface area contributed by atoms with Crippen LogP contribution in [-0.4, -0.2) is 25.5 Å². The van der Waals surface area contributed by atoms with Gasteiger partial charge in [0, 0.05) is 42.1 Å². The van der Waals surface area contributed by atoms with Gasteiger partial charge in [0.25, 0.3) is 0 Å². The lowest BCUT2D eigenvalue weighted by Gasteiger charge is -2.32. The molecule has 2 N–H and O–H groups in total. The van der Waals surface area contributed by atoms with Crippen molar-refractivity contribution in [1.82, 2.24) is 5.32 Å². The maximum absolute atomic E-state index is 13.8. The van der Waals surface area contributed by atoms with Crippen LogP contribution in [0.25, 0.3) is 0 Å². The fourth-order valence-corrected chi connectivity index (χ4v) is 3.44. The molecule has 0 aromatic heterocycles. The van der Waals surface area contributed by atoms with Crippen LogP contribution in [-0.2, 0) is 4.79 Å². The van der Waals surface area contributed by atoms with Crippen molar-refractivity contribution in [2.24, 2.45) is 5.92 Å². The molecule has 6 heteroatoms. The van der Waals surface area contributed by atoms with E-state index in [1.807, 2.05) is 24.3 Å². The van der Waals surface area contributed by atoms with Gasteiger partial charge in [0.2, 0.25) is 5.91 Å². The van der Waals surface area contributed by atoms with Crippen LogP contribution in [0, 0.1) is 17.6 Å². The third-order valence-corrected chi connectivity index (χ3v) is 5.30. The SMILES string of the molecule is CC1CCN(c2ccc(NC(=O)CN[C@H](C)c3ccc(F)cc3F)cc2)CC1. The van der Waals surface area contributed by atoms with E-state index in [1.54, 1.807) is 6.92 Å². The van der Waals surface area contributed by atoms with E-state index in [4.69, 9.17) is 0 Å². The Hall–Kier alpha value is -2.47. The molecule has 1 aliphatic heterocycles. The van der Waals surface area contributed by atoms with Gasteiger partial charge in [-0.25, -0.2) is 8.78 Å². The van der Waals surface area contributed by atoms with Crippen molar-refractivity contribution in [3.63, 3.8) is 0 Å². The summed E-state index contributed by atoms with van der Waals surface area (Å²) in [4.78, 5) is 14.5. The molecule has 3 rings (SSSR count). The summed E-state index contributed by atoms with van der Waals surface area (Å²) < 4.78 is 26.8. The monoisotopic (exact) mass is 387 g/mol. The van der Waals surface area contributed by atoms with E-state index in [2.05, 4.69) is 22.5 Å². The van der Waals surface area contributed by atoms with Gasteiger partial charge in [-0.1, -0.05) is 13.0 Å². The van der Waals surface area contributed by atoms with E-state index in [0.29, 0.717) is 5.56 Å². The summed E-state index contributed by atoms with van der Waals surface area (Å²) in [6.45, 7) is 6.18. The summed E-state index contributed by atoms with van der Waals surface area (Å²) in [5, 5.41) is 5.80. The molecule has 2 aromatic rings. The molecule has 0 bridgehead atoms. The third-order valence-electron chi connectivity index (χ3n) is 5.30. The maximum Gasteiger partial charge on any atom is 0.238 e. The van der Waals surface area contributed by atoms with Gasteiger partial charge in [-0.05, 0) is 56.0 Å². The van der Waals surface area contributed by atoms with E-state index in [0.717, 1.165) is 30.8 Å². The quantitative estimate of drug-likeness (QED) is 0.768. The first-order valence-electron chi connectivity index (χ1n) is 9.75. The normalized spacial score (nSPS) is 16.1. The van der Waals surface area contributed by atoms with Gasteiger partial charge in [-0.15, -0.1) is 0 Å². The predicted octanol–water partition coefficient (Wildman–Crippen LogP) is 4.49. The molecule has 0 unspecified atom stereocenters. The largest absolute Gasteiger partial charge is 0.372 e. The van der Waals surface area contributed by atoms with E-state index in [1.165, 1.54) is 30.7 Å². The number of amides is 1. The van der Waals surface area contributed by atoms with Gasteiger partial charge in [-0.3, -0.25) is 4.79 Å². The van der Waals surface area contributed by atoms with Crippen molar-refractivity contribution < 1.29 is 13.6 Å². The number of carbonyl (C=O) groups excluding carboxylic acids is 1. The number of rotatable bonds is 6. The maximum atomic E-state index is 13.8. The predicted molar refractivity (Wildman–Crippen MR) is 108 cm³/mol. The highest BCUT2D eigenvalue weighted by atomic mass is 19.1. The zero-order valence-electron chi connectivity index (χ0n) is 16.3. The Morgan fingerprint density at radius 2 is 1.82 bits per heavy atom. The van der Waals surface area contributed by atoms with Crippen molar-refractivity contribution in [2.75, 3.05) is 29.9 Å². The fourth-order valence-electron chi connectivity index (χ4n) is 3.44. The second-order valence-corrected chi connectivity index (χ2v) is 7.53. The topological polar surface area (TPSA) is 44.4 Å². The first kappa shape index (κ1) is 20.3. The Balaban J connectivity index is 1.49. The summed E-state index contributed by atoms with van der Waals surface area (Å²) in [7, 11) is 0. The van der Waals surface area contributed by atoms with Gasteiger partial charge in [-0.2, -0.15) is 0 Å². The minimum Gasteiger partial charge on any atom is -0.372 e. The van der Waals surface area contributed by atoms with Crippen LogP contribution in [0.15, 0.2) is 42.5 Å². The number of piperidine rings is 1. The van der Waals surface area contributed by atoms with Crippen molar-refractivity contribution in [1.29, 1.82) is 0 Å². The van der Waals surface area contributed by atoms with Crippen molar-refractivity contribution in [3.05, 3.63) is 59.7 Å². The first-order chi connectivity index (χ1) is 13.4. The molecular weight excluding hydrogens is 360 g/mol. The van der Waals surface area contributed by atoms with Crippen LogP contribution in [0.5, 0.6) is 0 Å². The molecule has 0 aliphatic carbocycles. The Morgan fingerprint density at radius 1 is 1.14 bits per heavy atom. The number of halogens is 2. The number of hydrogen-bond acceptors (Lipinski definition) is 3. The summed E-state index contributed by atoms with van der Waals surface area (Å²) in [6.07, 6.45) is 2.41. The molecule has 1 amide bonds. The standard InChI is InChI=1S/C22H27F2N3O/c1-15-9-11-27(12-10-15)19-6-4-18(5-7-19)26-22(28)14-25-16(2)20-8-3-17(23)13-21(20)24/h3-8,13,15-16,25H,9-12,14H2,1-2H3,(H,26,28)/t16-/m1/s1. The van der Waals surface area contributed by atoms with Crippen molar-refractivity contribution in [2.45, 2.75) is 32.7 Å². The Labute approximate surface area is 164 Å². The summed E-state index contributed by atoms with van der Waals surface area (Å²) in [5.41, 5.74) is 2.22. The molecule has 0 saturated carbocycles. The van der Waals surface area contributed by atoms with Crippen LogP contribution in [0.3, 0.4) is 0 Å². The van der Waals surface area contributed by atoms with E-state index < -0.39 is 17.7 Å². The summed E-state index contributed by atoms with van der Waals surface area (Å²) >= 11 is 0. The lowest BCUT2D eigenvalue weighted by Crippen LogP contribution is -2.32. The second-order valence-electron chi connectivity index (χ2n) is 7.53. The zero-order chi connectivity index (χ0) is 20.1. The molecule has 1 aliphatic rings. The van der Waals surface area contributed by atoms with Gasteiger partial charge in [0.05, 0.1) is 6.54 Å². The third kappa shape index (κ3) is 5.29. The summed E-state index contributed by atoms with van der Waals surface area (Å²) in [6, 6.07) is 10.9. The average Bonchev–Trinajstić information content (AvgIpc) is 2.67. The fraction of sp³-hybridized carbons (Fsp3) is 0.409. The molecule has 1 atom stereocenters. The molecule has 0 radical (unpaired) electrons. The molecular formula is C22H27F2N3O. The van der Waals surface area contributed by atoms with Gasteiger partial charge in [0.1, 0.15) is 11.6 Å². The Bertz CT molecular complexity index is 802. The average molecular weight is 387 g/mol. The van der Waals surface area contributed by atoms with Gasteiger partial charge >= 0.3 is 0 Å². The van der Waals surface area contributed by atoms with E-state index in [9.17, 15) is 13.6 Å². The molecule has 1 saturated heterocycles. The highest BCUT2D eigenvalue weighted by Gasteiger charge is 2.16. The molecule has 1 heterocycles. The highest BCUT2D eigenvalue weighted by Crippen LogP contribution is 2.24. The van der Waals surface area contributed by atoms with Crippen LogP contribution >= 0.6 is 0 Å². The minimum absolute atomic E-state index is 0.0315. The second kappa shape index (κ2) is 9.15. The van der Waals surface area contributed by atoms with Crippen LogP contribution in [0.1, 0.15) is 38.3 Å². The molecule has 0 spiro atoms. The smallest absolute Gasteiger partial charge is 0.238 e. The number of nitrogens with zero attached hydrogens (tertiary/aromatic N) is 1. The lowest BCUT2D eigenvalue weighted by atomic mass is 9.99. The molecule has 4 nitrogen and oxygen atoms in total. The van der Waals surface area contributed by atoms with E-state index >= 15 is 0 Å². The molecule has 150 valence electrons.